The standard InChI is InChI=1S/C29H28F6N4O2/c30-28(31,32)25-16-26(29(33,34)35)39(37-25)17-27(41)38-12-9-18(10-13-38)20-8-11-36-23(14-20)24(40)15-21-6-3-5-19-4-1-2-7-22(19)21/h1-2,4,7-8,11,14,16,18,21H,3,5-6,9-10,12-13,15,17H2/t21-/m0/s1. The number of halogens is 6. The topological polar surface area (TPSA) is 68.1 Å². The molecule has 2 aliphatic rings. The van der Waals surface area contributed by atoms with Crippen LogP contribution in [0.2, 0.25) is 0 Å². The summed E-state index contributed by atoms with van der Waals surface area (Å²) >= 11 is 0. The molecular weight excluding hydrogens is 550 g/mol. The van der Waals surface area contributed by atoms with Crippen molar-refractivity contribution in [2.45, 2.75) is 69.3 Å². The van der Waals surface area contributed by atoms with Crippen LogP contribution in [0.1, 0.15) is 82.5 Å². The molecule has 1 aliphatic carbocycles. The van der Waals surface area contributed by atoms with Gasteiger partial charge in [-0.05, 0) is 72.8 Å². The number of piperidine rings is 1. The molecule has 5 rings (SSSR count). The SMILES string of the molecule is O=C(C[C@@H]1CCCc2ccccc21)c1cc(C2CCN(C(=O)Cn3nc(C(F)(F)F)cc3C(F)(F)F)CC2)ccn1. The van der Waals surface area contributed by atoms with Crippen molar-refractivity contribution in [2.75, 3.05) is 13.1 Å². The number of Topliss-reactive ketones (excluding diaryl/α,β-unsaturated/α-hetero) is 1. The Hall–Kier alpha value is -3.70. The van der Waals surface area contributed by atoms with Crippen LogP contribution >= 0.6 is 0 Å². The molecule has 1 atom stereocenters. The van der Waals surface area contributed by atoms with Crippen molar-refractivity contribution < 1.29 is 35.9 Å². The number of alkyl halides is 6. The van der Waals surface area contributed by atoms with Gasteiger partial charge in [0.15, 0.2) is 11.5 Å². The normalized spacial score (nSPS) is 18.3. The number of pyridine rings is 1. The first-order valence-corrected chi connectivity index (χ1v) is 13.5. The van der Waals surface area contributed by atoms with Crippen LogP contribution in [-0.4, -0.2) is 44.4 Å². The highest BCUT2D eigenvalue weighted by atomic mass is 19.4. The second-order valence-corrected chi connectivity index (χ2v) is 10.6. The van der Waals surface area contributed by atoms with Crippen molar-refractivity contribution in [3.63, 3.8) is 0 Å². The predicted molar refractivity (Wildman–Crippen MR) is 136 cm³/mol. The largest absolute Gasteiger partial charge is 0.435 e. The number of rotatable bonds is 6. The van der Waals surface area contributed by atoms with Gasteiger partial charge in [0.05, 0.1) is 0 Å². The van der Waals surface area contributed by atoms with Crippen LogP contribution in [-0.2, 0) is 30.1 Å². The second-order valence-electron chi connectivity index (χ2n) is 10.6. The molecule has 0 saturated carbocycles. The van der Waals surface area contributed by atoms with E-state index in [9.17, 15) is 35.9 Å². The number of likely N-dealkylation sites (tertiary alicyclic amines) is 1. The lowest BCUT2D eigenvalue weighted by Crippen LogP contribution is -2.40. The minimum absolute atomic E-state index is 0.00345. The second kappa shape index (κ2) is 11.3. The number of benzene rings is 1. The van der Waals surface area contributed by atoms with Gasteiger partial charge in [0.25, 0.3) is 0 Å². The zero-order valence-corrected chi connectivity index (χ0v) is 22.0. The monoisotopic (exact) mass is 578 g/mol. The van der Waals surface area contributed by atoms with E-state index in [2.05, 4.69) is 22.2 Å². The van der Waals surface area contributed by atoms with Crippen LogP contribution in [0.5, 0.6) is 0 Å². The maximum absolute atomic E-state index is 13.3. The van der Waals surface area contributed by atoms with E-state index in [0.29, 0.717) is 25.0 Å². The summed E-state index contributed by atoms with van der Waals surface area (Å²) in [5, 5.41) is 3.01. The van der Waals surface area contributed by atoms with E-state index in [0.717, 1.165) is 24.8 Å². The molecule has 6 nitrogen and oxygen atoms in total. The molecule has 1 aliphatic heterocycles. The molecule has 3 heterocycles. The summed E-state index contributed by atoms with van der Waals surface area (Å²) in [7, 11) is 0. The molecule has 41 heavy (non-hydrogen) atoms. The third-order valence-electron chi connectivity index (χ3n) is 7.96. The van der Waals surface area contributed by atoms with E-state index in [1.54, 1.807) is 12.3 Å². The van der Waals surface area contributed by atoms with E-state index in [1.165, 1.54) is 16.0 Å². The van der Waals surface area contributed by atoms with E-state index >= 15 is 0 Å². The van der Waals surface area contributed by atoms with Gasteiger partial charge in [0, 0.05) is 31.8 Å². The Labute approximate surface area is 232 Å². The molecule has 218 valence electrons. The van der Waals surface area contributed by atoms with Gasteiger partial charge >= 0.3 is 12.4 Å². The van der Waals surface area contributed by atoms with E-state index in [1.807, 2.05) is 18.2 Å². The Kier molecular flexibility index (Phi) is 7.93. The molecule has 3 aromatic rings. The van der Waals surface area contributed by atoms with E-state index in [-0.39, 0.29) is 41.5 Å². The van der Waals surface area contributed by atoms with Gasteiger partial charge in [0.1, 0.15) is 17.9 Å². The fraction of sp³-hybridized carbons (Fsp3) is 0.448. The van der Waals surface area contributed by atoms with Crippen LogP contribution in [0.25, 0.3) is 0 Å². The number of hydrogen-bond acceptors (Lipinski definition) is 4. The number of hydrogen-bond donors (Lipinski definition) is 0. The summed E-state index contributed by atoms with van der Waals surface area (Å²) in [6.07, 6.45) is -4.27. The van der Waals surface area contributed by atoms with Crippen LogP contribution in [0.4, 0.5) is 26.3 Å². The van der Waals surface area contributed by atoms with Crippen molar-refractivity contribution in [3.8, 4) is 0 Å². The Morgan fingerprint density at radius 1 is 0.927 bits per heavy atom. The Morgan fingerprint density at radius 3 is 2.37 bits per heavy atom. The smallest absolute Gasteiger partial charge is 0.341 e. The van der Waals surface area contributed by atoms with Gasteiger partial charge in [-0.15, -0.1) is 0 Å². The first-order chi connectivity index (χ1) is 19.4. The molecule has 2 aromatic heterocycles. The van der Waals surface area contributed by atoms with Crippen LogP contribution in [0.3, 0.4) is 0 Å². The van der Waals surface area contributed by atoms with Crippen LogP contribution in [0, 0.1) is 0 Å². The summed E-state index contributed by atoms with van der Waals surface area (Å²) in [5.41, 5.74) is 0.435. The number of aryl methyl sites for hydroxylation is 1. The fourth-order valence-electron chi connectivity index (χ4n) is 5.84. The van der Waals surface area contributed by atoms with Crippen molar-refractivity contribution in [3.05, 3.63) is 82.4 Å². The predicted octanol–water partition coefficient (Wildman–Crippen LogP) is 6.41. The number of ketones is 1. The van der Waals surface area contributed by atoms with E-state index < -0.39 is 36.2 Å². The van der Waals surface area contributed by atoms with Gasteiger partial charge in [-0.25, -0.2) is 0 Å². The van der Waals surface area contributed by atoms with Crippen molar-refractivity contribution in [1.29, 1.82) is 0 Å². The number of carbonyl (C=O) groups is 2. The molecule has 1 aromatic carbocycles. The number of nitrogens with zero attached hydrogens (tertiary/aromatic N) is 4. The fourth-order valence-corrected chi connectivity index (χ4v) is 5.84. The average Bonchev–Trinajstić information content (AvgIpc) is 3.39. The van der Waals surface area contributed by atoms with Crippen LogP contribution < -0.4 is 0 Å². The zero-order valence-electron chi connectivity index (χ0n) is 22.0. The minimum Gasteiger partial charge on any atom is -0.341 e. The molecule has 0 bridgehead atoms. The molecule has 1 saturated heterocycles. The molecule has 0 unspecified atom stereocenters. The molecule has 0 spiro atoms. The zero-order chi connectivity index (χ0) is 29.4. The molecule has 1 fully saturated rings. The first kappa shape index (κ1) is 28.8. The van der Waals surface area contributed by atoms with Gasteiger partial charge in [-0.1, -0.05) is 24.3 Å². The number of aromatic nitrogens is 3. The summed E-state index contributed by atoms with van der Waals surface area (Å²) in [6.45, 7) is -0.529. The van der Waals surface area contributed by atoms with Gasteiger partial charge in [0.2, 0.25) is 5.91 Å². The number of amides is 1. The lowest BCUT2D eigenvalue weighted by atomic mass is 9.80. The minimum atomic E-state index is -5.10. The summed E-state index contributed by atoms with van der Waals surface area (Å²) in [4.78, 5) is 31.5. The highest BCUT2D eigenvalue weighted by Crippen LogP contribution is 2.37. The lowest BCUT2D eigenvalue weighted by molar-refractivity contribution is -0.146. The molecule has 12 heteroatoms. The molecule has 0 radical (unpaired) electrons. The summed E-state index contributed by atoms with van der Waals surface area (Å²) in [6, 6.07) is 11.7. The van der Waals surface area contributed by atoms with Crippen molar-refractivity contribution in [2.24, 2.45) is 0 Å². The highest BCUT2D eigenvalue weighted by Gasteiger charge is 2.42. The quantitative estimate of drug-likeness (QED) is 0.250. The number of fused-ring (bicyclic) bond motifs is 1. The van der Waals surface area contributed by atoms with Gasteiger partial charge in [-0.3, -0.25) is 19.3 Å². The van der Waals surface area contributed by atoms with Crippen molar-refractivity contribution >= 4 is 11.7 Å². The third-order valence-corrected chi connectivity index (χ3v) is 7.96. The van der Waals surface area contributed by atoms with Crippen LogP contribution in [0.15, 0.2) is 48.7 Å². The highest BCUT2D eigenvalue weighted by molar-refractivity contribution is 5.95. The maximum atomic E-state index is 13.3. The van der Waals surface area contributed by atoms with Gasteiger partial charge in [-0.2, -0.15) is 31.4 Å². The summed E-state index contributed by atoms with van der Waals surface area (Å²) in [5.74, 6) is -0.647. The number of carbonyl (C=O) groups excluding carboxylic acids is 2. The molecular formula is C29H28F6N4O2. The summed E-state index contributed by atoms with van der Waals surface area (Å²) < 4.78 is 78.8. The lowest BCUT2D eigenvalue weighted by Gasteiger charge is -2.32. The third kappa shape index (κ3) is 6.46. The van der Waals surface area contributed by atoms with Gasteiger partial charge < -0.3 is 4.90 Å². The Balaban J connectivity index is 1.21. The average molecular weight is 579 g/mol. The maximum Gasteiger partial charge on any atom is 0.435 e. The Bertz CT molecular complexity index is 1420. The van der Waals surface area contributed by atoms with E-state index in [4.69, 9.17) is 0 Å². The van der Waals surface area contributed by atoms with Crippen molar-refractivity contribution in [1.82, 2.24) is 19.7 Å². The molecule has 0 N–H and O–H groups in total. The molecule has 1 amide bonds. The Morgan fingerprint density at radius 2 is 1.66 bits per heavy atom. The first-order valence-electron chi connectivity index (χ1n) is 13.5.